The summed E-state index contributed by atoms with van der Waals surface area (Å²) in [4.78, 5) is 11.6. The number of halogens is 1. The summed E-state index contributed by atoms with van der Waals surface area (Å²) in [6.07, 6.45) is 1.71. The molecule has 1 unspecified atom stereocenters. The van der Waals surface area contributed by atoms with Gasteiger partial charge in [0.25, 0.3) is 0 Å². The first-order chi connectivity index (χ1) is 10.3. The van der Waals surface area contributed by atoms with Crippen LogP contribution in [0, 0.1) is 0 Å². The van der Waals surface area contributed by atoms with E-state index in [4.69, 9.17) is 4.42 Å². The van der Waals surface area contributed by atoms with Gasteiger partial charge in [-0.3, -0.25) is 14.8 Å². The fourth-order valence-electron chi connectivity index (χ4n) is 3.22. The smallest absolute Gasteiger partial charge is 0.193 e. The summed E-state index contributed by atoms with van der Waals surface area (Å²) in [6, 6.07) is 4.50. The van der Waals surface area contributed by atoms with Gasteiger partial charge in [0, 0.05) is 59.4 Å². The van der Waals surface area contributed by atoms with Gasteiger partial charge >= 0.3 is 0 Å². The van der Waals surface area contributed by atoms with E-state index in [1.165, 1.54) is 32.7 Å². The number of rotatable bonds is 4. The third-order valence-corrected chi connectivity index (χ3v) is 4.43. The number of hydrogen-bond acceptors (Lipinski definition) is 4. The topological polar surface area (TPSA) is 47.3 Å². The van der Waals surface area contributed by atoms with Crippen molar-refractivity contribution in [3.8, 4) is 0 Å². The third kappa shape index (κ3) is 4.14. The molecule has 22 heavy (non-hydrogen) atoms. The predicted octanol–water partition coefficient (Wildman–Crippen LogP) is 0.905. The fourth-order valence-corrected chi connectivity index (χ4v) is 3.22. The molecule has 3 aliphatic rings. The maximum absolute atomic E-state index is 5.39. The van der Waals surface area contributed by atoms with Gasteiger partial charge in [-0.2, -0.15) is 0 Å². The van der Waals surface area contributed by atoms with Crippen molar-refractivity contribution in [2.45, 2.75) is 12.6 Å². The number of aliphatic imine (C=N–C) groups is 1. The van der Waals surface area contributed by atoms with Gasteiger partial charge in [0.1, 0.15) is 5.76 Å². The molecule has 7 heteroatoms. The maximum Gasteiger partial charge on any atom is 0.193 e. The predicted molar refractivity (Wildman–Crippen MR) is 98.8 cm³/mol. The number of guanidine groups is 1. The molecule has 1 N–H and O–H groups in total. The summed E-state index contributed by atoms with van der Waals surface area (Å²) in [5, 5.41) is 3.50. The van der Waals surface area contributed by atoms with E-state index in [2.05, 4.69) is 25.0 Å². The first-order valence-electron chi connectivity index (χ1n) is 7.67. The molecule has 1 atom stereocenters. The Kier molecular flexibility index (Phi) is 6.51. The number of furan rings is 1. The quantitative estimate of drug-likeness (QED) is 0.447. The van der Waals surface area contributed by atoms with Crippen LogP contribution >= 0.6 is 24.0 Å². The molecule has 0 radical (unpaired) electrons. The first kappa shape index (κ1) is 17.6. The highest BCUT2D eigenvalue weighted by Gasteiger charge is 2.31. The highest BCUT2D eigenvalue weighted by atomic mass is 127. The number of fused-ring (bicyclic) bond motifs is 3. The Morgan fingerprint density at radius 2 is 2.18 bits per heavy atom. The fraction of sp³-hybridized carbons (Fsp3) is 0.667. The molecular weight excluding hydrogens is 393 g/mol. The van der Waals surface area contributed by atoms with Crippen LogP contribution in [0.1, 0.15) is 5.76 Å². The molecule has 3 fully saturated rings. The van der Waals surface area contributed by atoms with Crippen LogP contribution in [-0.2, 0) is 6.54 Å². The highest BCUT2D eigenvalue weighted by Crippen LogP contribution is 2.14. The number of hydrogen-bond donors (Lipinski definition) is 1. The zero-order valence-electron chi connectivity index (χ0n) is 13.4. The average molecular weight is 419 g/mol. The Balaban J connectivity index is 0.00000176. The van der Waals surface area contributed by atoms with E-state index in [9.17, 15) is 0 Å². The zero-order chi connectivity index (χ0) is 14.7. The Morgan fingerprint density at radius 3 is 2.73 bits per heavy atom. The van der Waals surface area contributed by atoms with E-state index < -0.39 is 0 Å². The molecule has 1 aromatic rings. The normalized spacial score (nSPS) is 27.4. The van der Waals surface area contributed by atoms with Crippen LogP contribution in [0.5, 0.6) is 0 Å². The molecule has 2 bridgehead atoms. The Morgan fingerprint density at radius 1 is 1.41 bits per heavy atom. The van der Waals surface area contributed by atoms with E-state index in [0.29, 0.717) is 6.04 Å². The lowest BCUT2D eigenvalue weighted by atomic mass is 10.1. The lowest BCUT2D eigenvalue weighted by molar-refractivity contribution is 0.0152. The van der Waals surface area contributed by atoms with Gasteiger partial charge in [0.15, 0.2) is 5.96 Å². The largest absolute Gasteiger partial charge is 0.467 e. The Hall–Kier alpha value is -0.800. The van der Waals surface area contributed by atoms with Gasteiger partial charge in [0.05, 0.1) is 12.8 Å². The molecule has 0 spiro atoms. The minimum Gasteiger partial charge on any atom is -0.467 e. The van der Waals surface area contributed by atoms with Gasteiger partial charge in [-0.25, -0.2) is 0 Å². The van der Waals surface area contributed by atoms with Crippen molar-refractivity contribution in [2.24, 2.45) is 4.99 Å². The van der Waals surface area contributed by atoms with Crippen molar-refractivity contribution in [1.82, 2.24) is 20.0 Å². The van der Waals surface area contributed by atoms with Crippen LogP contribution in [0.3, 0.4) is 0 Å². The molecule has 3 saturated heterocycles. The van der Waals surface area contributed by atoms with Crippen molar-refractivity contribution in [3.63, 3.8) is 0 Å². The summed E-state index contributed by atoms with van der Waals surface area (Å²) >= 11 is 0. The van der Waals surface area contributed by atoms with Gasteiger partial charge in [-0.15, -0.1) is 24.0 Å². The van der Waals surface area contributed by atoms with Crippen LogP contribution in [0.2, 0.25) is 0 Å². The van der Waals surface area contributed by atoms with Gasteiger partial charge in [-0.1, -0.05) is 0 Å². The zero-order valence-corrected chi connectivity index (χ0v) is 15.7. The van der Waals surface area contributed by atoms with Crippen molar-refractivity contribution in [3.05, 3.63) is 24.2 Å². The number of nitrogens with one attached hydrogen (secondary N) is 1. The number of nitrogens with zero attached hydrogens (tertiary/aromatic N) is 4. The second kappa shape index (κ2) is 8.16. The molecular formula is C15H26IN5O. The molecule has 0 amide bonds. The minimum atomic E-state index is 0. The summed E-state index contributed by atoms with van der Waals surface area (Å²) in [6.45, 7) is 7.71. The van der Waals surface area contributed by atoms with Crippen molar-refractivity contribution in [2.75, 3.05) is 53.4 Å². The van der Waals surface area contributed by atoms with E-state index in [-0.39, 0.29) is 24.0 Å². The van der Waals surface area contributed by atoms with Crippen molar-refractivity contribution >= 4 is 29.9 Å². The monoisotopic (exact) mass is 419 g/mol. The van der Waals surface area contributed by atoms with Crippen LogP contribution in [-0.4, -0.2) is 80.1 Å². The molecule has 3 aliphatic heterocycles. The van der Waals surface area contributed by atoms with Crippen LogP contribution in [0.25, 0.3) is 0 Å². The van der Waals surface area contributed by atoms with Crippen molar-refractivity contribution < 1.29 is 4.42 Å². The van der Waals surface area contributed by atoms with Crippen LogP contribution in [0.15, 0.2) is 27.8 Å². The molecule has 6 nitrogen and oxygen atoms in total. The SMILES string of the molecule is CN=C(NCC1CN2CCN1CC2)N(C)Cc1ccco1.I. The summed E-state index contributed by atoms with van der Waals surface area (Å²) in [7, 11) is 3.87. The summed E-state index contributed by atoms with van der Waals surface area (Å²) in [5.41, 5.74) is 0. The second-order valence-electron chi connectivity index (χ2n) is 5.85. The maximum atomic E-state index is 5.39. The highest BCUT2D eigenvalue weighted by molar-refractivity contribution is 14.0. The van der Waals surface area contributed by atoms with E-state index in [0.717, 1.165) is 24.8 Å². The second-order valence-corrected chi connectivity index (χ2v) is 5.85. The van der Waals surface area contributed by atoms with Gasteiger partial charge in [-0.05, 0) is 12.1 Å². The van der Waals surface area contributed by atoms with Gasteiger partial charge in [0.2, 0.25) is 0 Å². The molecule has 1 aromatic heterocycles. The molecule has 0 saturated carbocycles. The third-order valence-electron chi connectivity index (χ3n) is 4.43. The standard InChI is InChI=1S/C15H25N5O.HI/c1-16-15(18(2)12-14-4-3-9-21-14)17-10-13-11-19-5-7-20(13)8-6-19;/h3-4,9,13H,5-8,10-12H2,1-2H3,(H,16,17);1H. The van der Waals surface area contributed by atoms with E-state index in [1.54, 1.807) is 6.26 Å². The summed E-state index contributed by atoms with van der Waals surface area (Å²) < 4.78 is 5.39. The first-order valence-corrected chi connectivity index (χ1v) is 7.67. The summed E-state index contributed by atoms with van der Waals surface area (Å²) in [5.74, 6) is 1.87. The van der Waals surface area contributed by atoms with Crippen molar-refractivity contribution in [1.29, 1.82) is 0 Å². The lowest BCUT2D eigenvalue weighted by Gasteiger charge is -2.47. The Bertz CT molecular complexity index is 470. The van der Waals surface area contributed by atoms with E-state index >= 15 is 0 Å². The molecule has 0 aromatic carbocycles. The average Bonchev–Trinajstić information content (AvgIpc) is 3.02. The lowest BCUT2D eigenvalue weighted by Crippen LogP contribution is -2.63. The molecule has 124 valence electrons. The minimum absolute atomic E-state index is 0. The van der Waals surface area contributed by atoms with Crippen LogP contribution < -0.4 is 5.32 Å². The number of piperazine rings is 3. The van der Waals surface area contributed by atoms with Gasteiger partial charge < -0.3 is 14.6 Å². The Labute approximate surface area is 149 Å². The molecule has 4 heterocycles. The van der Waals surface area contributed by atoms with E-state index in [1.807, 2.05) is 26.2 Å². The molecule has 0 aliphatic carbocycles. The van der Waals surface area contributed by atoms with Crippen LogP contribution in [0.4, 0.5) is 0 Å². The molecule has 4 rings (SSSR count).